The molecule has 0 bridgehead atoms. The van der Waals surface area contributed by atoms with Crippen LogP contribution in [0.5, 0.6) is 0 Å². The van der Waals surface area contributed by atoms with E-state index in [4.69, 9.17) is 0 Å². The molecule has 0 amide bonds. The molecule has 1 heterocycles. The van der Waals surface area contributed by atoms with Crippen LogP contribution in [0.4, 0.5) is 0 Å². The standard InChI is InChI=1S/C13H14N2O/c16-10-13(11-5-2-1-3-6-11)15-9-12-7-4-8-14-12/h1-9,13-14,16H,10H2/t13-/m1/s1. The van der Waals surface area contributed by atoms with Crippen molar-refractivity contribution >= 4 is 6.21 Å². The van der Waals surface area contributed by atoms with Gasteiger partial charge in [-0.2, -0.15) is 0 Å². The van der Waals surface area contributed by atoms with Crippen LogP contribution in [0.15, 0.2) is 53.7 Å². The van der Waals surface area contributed by atoms with Gasteiger partial charge in [-0.3, -0.25) is 4.99 Å². The lowest BCUT2D eigenvalue weighted by Crippen LogP contribution is -2.01. The van der Waals surface area contributed by atoms with Gasteiger partial charge in [0.15, 0.2) is 0 Å². The van der Waals surface area contributed by atoms with Crippen LogP contribution in [0.25, 0.3) is 0 Å². The summed E-state index contributed by atoms with van der Waals surface area (Å²) in [5.41, 5.74) is 1.96. The van der Waals surface area contributed by atoms with E-state index in [-0.39, 0.29) is 12.6 Å². The summed E-state index contributed by atoms with van der Waals surface area (Å²) in [5.74, 6) is 0. The van der Waals surface area contributed by atoms with Crippen LogP contribution in [0, 0.1) is 0 Å². The number of nitrogens with zero attached hydrogens (tertiary/aromatic N) is 1. The molecular formula is C13H14N2O. The van der Waals surface area contributed by atoms with Gasteiger partial charge in [-0.25, -0.2) is 0 Å². The Bertz CT molecular complexity index is 434. The highest BCUT2D eigenvalue weighted by atomic mass is 16.3. The molecule has 3 nitrogen and oxygen atoms in total. The number of hydrogen-bond acceptors (Lipinski definition) is 2. The van der Waals surface area contributed by atoms with Gasteiger partial charge in [0.25, 0.3) is 0 Å². The predicted octanol–water partition coefficient (Wildman–Crippen LogP) is 2.17. The first-order valence-corrected chi connectivity index (χ1v) is 5.22. The van der Waals surface area contributed by atoms with E-state index in [9.17, 15) is 5.11 Å². The number of H-pyrrole nitrogens is 1. The molecule has 0 aliphatic heterocycles. The van der Waals surface area contributed by atoms with E-state index in [0.717, 1.165) is 11.3 Å². The van der Waals surface area contributed by atoms with Crippen molar-refractivity contribution in [3.63, 3.8) is 0 Å². The Balaban J connectivity index is 2.12. The van der Waals surface area contributed by atoms with E-state index in [2.05, 4.69) is 9.98 Å². The van der Waals surface area contributed by atoms with Gasteiger partial charge in [-0.05, 0) is 17.7 Å². The van der Waals surface area contributed by atoms with Crippen molar-refractivity contribution in [2.45, 2.75) is 6.04 Å². The molecule has 0 saturated heterocycles. The smallest absolute Gasteiger partial charge is 0.0980 e. The third kappa shape index (κ3) is 2.58. The Hall–Kier alpha value is -1.87. The van der Waals surface area contributed by atoms with Crippen molar-refractivity contribution in [3.05, 3.63) is 59.9 Å². The molecule has 0 aliphatic rings. The predicted molar refractivity (Wildman–Crippen MR) is 64.7 cm³/mol. The maximum Gasteiger partial charge on any atom is 0.0980 e. The van der Waals surface area contributed by atoms with E-state index >= 15 is 0 Å². The molecule has 2 rings (SSSR count). The topological polar surface area (TPSA) is 48.4 Å². The van der Waals surface area contributed by atoms with Crippen molar-refractivity contribution < 1.29 is 5.11 Å². The third-order valence-electron chi connectivity index (χ3n) is 2.37. The van der Waals surface area contributed by atoms with Gasteiger partial charge in [0.05, 0.1) is 18.3 Å². The van der Waals surface area contributed by atoms with Crippen LogP contribution in [-0.4, -0.2) is 22.9 Å². The van der Waals surface area contributed by atoms with Crippen LogP contribution in [0.1, 0.15) is 17.3 Å². The molecule has 1 aromatic carbocycles. The number of aliphatic hydroxyl groups is 1. The number of aromatic nitrogens is 1. The minimum atomic E-state index is -0.190. The number of rotatable bonds is 4. The van der Waals surface area contributed by atoms with Gasteiger partial charge in [0, 0.05) is 12.4 Å². The van der Waals surface area contributed by atoms with Crippen LogP contribution >= 0.6 is 0 Å². The fraction of sp³-hybridized carbons (Fsp3) is 0.154. The first kappa shape index (κ1) is 10.6. The van der Waals surface area contributed by atoms with Gasteiger partial charge < -0.3 is 10.1 Å². The molecule has 0 spiro atoms. The van der Waals surface area contributed by atoms with Crippen molar-refractivity contribution in [3.8, 4) is 0 Å². The molecule has 16 heavy (non-hydrogen) atoms. The maximum atomic E-state index is 9.28. The number of benzene rings is 1. The highest BCUT2D eigenvalue weighted by molar-refractivity contribution is 5.77. The Morgan fingerprint density at radius 2 is 2.00 bits per heavy atom. The van der Waals surface area contributed by atoms with Gasteiger partial charge in [0.1, 0.15) is 0 Å². The first-order chi connectivity index (χ1) is 7.90. The Kier molecular flexibility index (Phi) is 3.51. The van der Waals surface area contributed by atoms with E-state index in [0.29, 0.717) is 0 Å². The monoisotopic (exact) mass is 214 g/mol. The second kappa shape index (κ2) is 5.28. The quantitative estimate of drug-likeness (QED) is 0.753. The molecule has 3 heteroatoms. The van der Waals surface area contributed by atoms with Crippen molar-refractivity contribution in [1.29, 1.82) is 0 Å². The number of nitrogens with one attached hydrogen (secondary N) is 1. The summed E-state index contributed by atoms with van der Waals surface area (Å²) in [6, 6.07) is 13.4. The summed E-state index contributed by atoms with van der Waals surface area (Å²) in [6.07, 6.45) is 3.59. The van der Waals surface area contributed by atoms with E-state index in [1.807, 2.05) is 48.7 Å². The fourth-order valence-electron chi connectivity index (χ4n) is 1.51. The van der Waals surface area contributed by atoms with Crippen molar-refractivity contribution in [2.75, 3.05) is 6.61 Å². The van der Waals surface area contributed by atoms with Crippen molar-refractivity contribution in [1.82, 2.24) is 4.98 Å². The summed E-state index contributed by atoms with van der Waals surface area (Å²) in [6.45, 7) is 0.0151. The van der Waals surface area contributed by atoms with Crippen LogP contribution in [0.2, 0.25) is 0 Å². The SMILES string of the molecule is OC[C@@H](N=Cc1ccc[nH]1)c1ccccc1. The van der Waals surface area contributed by atoms with Gasteiger partial charge in [0.2, 0.25) is 0 Å². The molecule has 0 aliphatic carbocycles. The Labute approximate surface area is 94.5 Å². The number of aromatic amines is 1. The van der Waals surface area contributed by atoms with Gasteiger partial charge >= 0.3 is 0 Å². The van der Waals surface area contributed by atoms with Crippen molar-refractivity contribution in [2.24, 2.45) is 4.99 Å². The second-order valence-electron chi connectivity index (χ2n) is 3.51. The second-order valence-corrected chi connectivity index (χ2v) is 3.51. The molecule has 2 aromatic rings. The lowest BCUT2D eigenvalue weighted by molar-refractivity contribution is 0.269. The lowest BCUT2D eigenvalue weighted by Gasteiger charge is -2.08. The molecule has 0 fully saturated rings. The average Bonchev–Trinajstić information content (AvgIpc) is 2.84. The zero-order chi connectivity index (χ0) is 11.2. The third-order valence-corrected chi connectivity index (χ3v) is 2.37. The summed E-state index contributed by atoms with van der Waals surface area (Å²) in [7, 11) is 0. The molecular weight excluding hydrogens is 200 g/mol. The van der Waals surface area contributed by atoms with Crippen LogP contribution < -0.4 is 0 Å². The number of aliphatic imine (C=N–C) groups is 1. The van der Waals surface area contributed by atoms with Crippen LogP contribution in [-0.2, 0) is 0 Å². The van der Waals surface area contributed by atoms with Gasteiger partial charge in [-0.15, -0.1) is 0 Å². The van der Waals surface area contributed by atoms with Gasteiger partial charge in [-0.1, -0.05) is 30.3 Å². The molecule has 0 saturated carbocycles. The Morgan fingerprint density at radius 1 is 1.19 bits per heavy atom. The van der Waals surface area contributed by atoms with Crippen LogP contribution in [0.3, 0.4) is 0 Å². The molecule has 0 radical (unpaired) electrons. The largest absolute Gasteiger partial charge is 0.394 e. The first-order valence-electron chi connectivity index (χ1n) is 5.22. The molecule has 82 valence electrons. The minimum absolute atomic E-state index is 0.0151. The zero-order valence-electron chi connectivity index (χ0n) is 8.88. The number of aliphatic hydroxyl groups excluding tert-OH is 1. The zero-order valence-corrected chi connectivity index (χ0v) is 8.88. The summed E-state index contributed by atoms with van der Waals surface area (Å²) in [5, 5.41) is 9.28. The summed E-state index contributed by atoms with van der Waals surface area (Å²) >= 11 is 0. The lowest BCUT2D eigenvalue weighted by atomic mass is 10.1. The van der Waals surface area contributed by atoms with E-state index in [1.54, 1.807) is 6.21 Å². The summed E-state index contributed by atoms with van der Waals surface area (Å²) in [4.78, 5) is 7.39. The molecule has 2 N–H and O–H groups in total. The molecule has 1 aromatic heterocycles. The van der Waals surface area contributed by atoms with E-state index < -0.39 is 0 Å². The molecule has 1 atom stereocenters. The molecule has 0 unspecified atom stereocenters. The minimum Gasteiger partial charge on any atom is -0.394 e. The normalized spacial score (nSPS) is 13.1. The maximum absolute atomic E-state index is 9.28. The summed E-state index contributed by atoms with van der Waals surface area (Å²) < 4.78 is 0. The number of hydrogen-bond donors (Lipinski definition) is 2. The highest BCUT2D eigenvalue weighted by Gasteiger charge is 2.06. The highest BCUT2D eigenvalue weighted by Crippen LogP contribution is 2.15. The van der Waals surface area contributed by atoms with E-state index in [1.165, 1.54) is 0 Å². The average molecular weight is 214 g/mol. The Morgan fingerprint density at radius 3 is 2.62 bits per heavy atom. The fourth-order valence-corrected chi connectivity index (χ4v) is 1.51.